The summed E-state index contributed by atoms with van der Waals surface area (Å²) in [5, 5.41) is 8.58. The Hall–Kier alpha value is -2.59. The van der Waals surface area contributed by atoms with Gasteiger partial charge < -0.3 is 9.73 Å². The molecule has 1 heterocycles. The predicted molar refractivity (Wildman–Crippen MR) is 95.6 cm³/mol. The molecule has 0 bridgehead atoms. The van der Waals surface area contributed by atoms with Gasteiger partial charge in [0.25, 0.3) is 0 Å². The van der Waals surface area contributed by atoms with Gasteiger partial charge in [0, 0.05) is 0 Å². The summed E-state index contributed by atoms with van der Waals surface area (Å²) in [6.45, 7) is 4.23. The Morgan fingerprint density at radius 3 is 2.58 bits per heavy atom. The Bertz CT molecular complexity index is 806. The molecule has 4 nitrogen and oxygen atoms in total. The maximum Gasteiger partial charge on any atom is 0.234 e. The molecule has 124 valence electrons. The minimum atomic E-state index is -0.0516. The highest BCUT2D eigenvalue weighted by atomic mass is 16.3. The maximum atomic E-state index is 12.2. The number of carbonyl (C=O) groups is 1. The van der Waals surface area contributed by atoms with Gasteiger partial charge in [-0.25, -0.2) is 0 Å². The molecule has 1 aromatic heterocycles. The summed E-state index contributed by atoms with van der Waals surface area (Å²) in [7, 11) is 0. The van der Waals surface area contributed by atoms with Gasteiger partial charge in [-0.15, -0.1) is 0 Å². The number of nitrogens with one attached hydrogen (secondary N) is 2. The van der Waals surface area contributed by atoms with Gasteiger partial charge in [0.05, 0.1) is 24.9 Å². The second-order valence-corrected chi connectivity index (χ2v) is 5.98. The number of carbonyl (C=O) groups excluding carboxylic acids is 1. The van der Waals surface area contributed by atoms with Gasteiger partial charge in [0.2, 0.25) is 5.91 Å². The summed E-state index contributed by atoms with van der Waals surface area (Å²) in [4.78, 5) is 12.2. The molecule has 0 aliphatic carbocycles. The lowest BCUT2D eigenvalue weighted by atomic mass is 10.00. The van der Waals surface area contributed by atoms with E-state index in [1.165, 1.54) is 10.8 Å². The topological polar surface area (TPSA) is 54.3 Å². The van der Waals surface area contributed by atoms with Crippen LogP contribution in [0, 0.1) is 0 Å². The molecule has 0 aliphatic rings. The molecule has 24 heavy (non-hydrogen) atoms. The lowest BCUT2D eigenvalue weighted by Crippen LogP contribution is -2.36. The second-order valence-electron chi connectivity index (χ2n) is 5.98. The number of hydrogen-bond acceptors (Lipinski definition) is 3. The summed E-state index contributed by atoms with van der Waals surface area (Å²) in [5.41, 5.74) is 1.13. The van der Waals surface area contributed by atoms with E-state index in [1.54, 1.807) is 6.26 Å². The van der Waals surface area contributed by atoms with Crippen molar-refractivity contribution >= 4 is 16.7 Å². The fourth-order valence-corrected chi connectivity index (χ4v) is 2.88. The van der Waals surface area contributed by atoms with Crippen molar-refractivity contribution in [1.29, 1.82) is 0 Å². The van der Waals surface area contributed by atoms with E-state index in [-0.39, 0.29) is 24.5 Å². The van der Waals surface area contributed by atoms with Gasteiger partial charge in [-0.3, -0.25) is 10.1 Å². The van der Waals surface area contributed by atoms with Gasteiger partial charge in [-0.05, 0) is 42.3 Å². The largest absolute Gasteiger partial charge is 0.468 e. The molecule has 0 saturated heterocycles. The van der Waals surface area contributed by atoms with E-state index in [0.29, 0.717) is 0 Å². The zero-order valence-electron chi connectivity index (χ0n) is 14.0. The highest BCUT2D eigenvalue weighted by molar-refractivity contribution is 5.87. The van der Waals surface area contributed by atoms with Crippen molar-refractivity contribution < 1.29 is 9.21 Å². The van der Waals surface area contributed by atoms with Crippen LogP contribution in [0.25, 0.3) is 10.8 Å². The lowest BCUT2D eigenvalue weighted by Gasteiger charge is -2.18. The second kappa shape index (κ2) is 7.32. The first-order valence-corrected chi connectivity index (χ1v) is 8.19. The van der Waals surface area contributed by atoms with E-state index < -0.39 is 0 Å². The smallest absolute Gasteiger partial charge is 0.234 e. The molecule has 0 spiro atoms. The quantitative estimate of drug-likeness (QED) is 0.722. The molecule has 2 N–H and O–H groups in total. The number of amides is 1. The van der Waals surface area contributed by atoms with Gasteiger partial charge in [0.1, 0.15) is 5.76 Å². The van der Waals surface area contributed by atoms with Crippen LogP contribution in [-0.2, 0) is 4.79 Å². The molecule has 3 rings (SSSR count). The van der Waals surface area contributed by atoms with Crippen molar-refractivity contribution in [3.8, 4) is 0 Å². The Morgan fingerprint density at radius 2 is 1.79 bits per heavy atom. The van der Waals surface area contributed by atoms with Crippen LogP contribution >= 0.6 is 0 Å². The molecule has 0 unspecified atom stereocenters. The summed E-state index contributed by atoms with van der Waals surface area (Å²) in [6.07, 6.45) is 1.64. The van der Waals surface area contributed by atoms with Gasteiger partial charge in [-0.2, -0.15) is 0 Å². The first-order chi connectivity index (χ1) is 11.6. The lowest BCUT2D eigenvalue weighted by molar-refractivity contribution is -0.121. The average Bonchev–Trinajstić information content (AvgIpc) is 3.14. The summed E-state index contributed by atoms with van der Waals surface area (Å²) in [6, 6.07) is 18.1. The molecule has 1 amide bonds. The van der Waals surface area contributed by atoms with Crippen LogP contribution in [0.1, 0.15) is 37.3 Å². The third-order valence-corrected chi connectivity index (χ3v) is 4.21. The van der Waals surface area contributed by atoms with E-state index in [2.05, 4.69) is 34.9 Å². The Morgan fingerprint density at radius 1 is 1.00 bits per heavy atom. The van der Waals surface area contributed by atoms with Crippen LogP contribution in [-0.4, -0.2) is 12.5 Å². The Balaban J connectivity index is 1.61. The van der Waals surface area contributed by atoms with Crippen molar-refractivity contribution in [3.63, 3.8) is 0 Å². The van der Waals surface area contributed by atoms with Gasteiger partial charge in [0.15, 0.2) is 0 Å². The third kappa shape index (κ3) is 3.66. The normalized spacial score (nSPS) is 13.6. The van der Waals surface area contributed by atoms with E-state index in [4.69, 9.17) is 4.42 Å². The van der Waals surface area contributed by atoms with Gasteiger partial charge >= 0.3 is 0 Å². The van der Waals surface area contributed by atoms with Crippen molar-refractivity contribution in [3.05, 3.63) is 72.2 Å². The highest BCUT2D eigenvalue weighted by Crippen LogP contribution is 2.23. The van der Waals surface area contributed by atoms with Crippen molar-refractivity contribution in [2.45, 2.75) is 25.9 Å². The van der Waals surface area contributed by atoms with Crippen LogP contribution in [0.2, 0.25) is 0 Å². The first kappa shape index (κ1) is 16.3. The molecule has 0 aliphatic heterocycles. The zero-order chi connectivity index (χ0) is 16.9. The van der Waals surface area contributed by atoms with E-state index in [1.807, 2.05) is 44.2 Å². The SMILES string of the molecule is C[C@H](NC(=O)CN[C@H](C)c1ccco1)c1cccc2ccccc12. The van der Waals surface area contributed by atoms with E-state index in [9.17, 15) is 4.79 Å². The van der Waals surface area contributed by atoms with Gasteiger partial charge in [-0.1, -0.05) is 42.5 Å². The van der Waals surface area contributed by atoms with Crippen molar-refractivity contribution in [1.82, 2.24) is 10.6 Å². The van der Waals surface area contributed by atoms with Crippen LogP contribution in [0.5, 0.6) is 0 Å². The molecular formula is C20H22N2O2. The molecule has 2 aromatic carbocycles. The van der Waals surface area contributed by atoms with Crippen LogP contribution in [0.3, 0.4) is 0 Å². The monoisotopic (exact) mass is 322 g/mol. The fourth-order valence-electron chi connectivity index (χ4n) is 2.88. The minimum absolute atomic E-state index is 0.00129. The molecule has 2 atom stereocenters. The zero-order valence-corrected chi connectivity index (χ0v) is 14.0. The Labute approximate surface area is 141 Å². The average molecular weight is 322 g/mol. The predicted octanol–water partition coefficient (Wildman–Crippen LogP) is 3.96. The summed E-state index contributed by atoms with van der Waals surface area (Å²) < 4.78 is 5.33. The number of hydrogen-bond donors (Lipinski definition) is 2. The van der Waals surface area contributed by atoms with Crippen LogP contribution in [0.15, 0.2) is 65.3 Å². The molecule has 3 aromatic rings. The number of rotatable bonds is 6. The molecule has 4 heteroatoms. The standard InChI is InChI=1S/C20H22N2O2/c1-14(17-10-5-8-16-7-3-4-9-18(16)17)22-20(23)13-21-15(2)19-11-6-12-24-19/h3-12,14-15,21H,13H2,1-2H3,(H,22,23)/t14-,15+/m0/s1. The molecule has 0 radical (unpaired) electrons. The van der Waals surface area contributed by atoms with E-state index >= 15 is 0 Å². The third-order valence-electron chi connectivity index (χ3n) is 4.21. The molecular weight excluding hydrogens is 300 g/mol. The summed E-state index contributed by atoms with van der Waals surface area (Å²) in [5.74, 6) is 0.791. The number of fused-ring (bicyclic) bond motifs is 1. The molecule has 0 fully saturated rings. The van der Waals surface area contributed by atoms with E-state index in [0.717, 1.165) is 11.3 Å². The number of furan rings is 1. The Kier molecular flexibility index (Phi) is 4.96. The summed E-state index contributed by atoms with van der Waals surface area (Å²) >= 11 is 0. The fraction of sp³-hybridized carbons (Fsp3) is 0.250. The number of benzene rings is 2. The first-order valence-electron chi connectivity index (χ1n) is 8.19. The highest BCUT2D eigenvalue weighted by Gasteiger charge is 2.14. The van der Waals surface area contributed by atoms with Crippen molar-refractivity contribution in [2.24, 2.45) is 0 Å². The van der Waals surface area contributed by atoms with Crippen molar-refractivity contribution in [2.75, 3.05) is 6.54 Å². The maximum absolute atomic E-state index is 12.2. The molecule has 0 saturated carbocycles. The van der Waals surface area contributed by atoms with Crippen LogP contribution < -0.4 is 10.6 Å². The minimum Gasteiger partial charge on any atom is -0.468 e. The van der Waals surface area contributed by atoms with Crippen LogP contribution in [0.4, 0.5) is 0 Å².